The van der Waals surface area contributed by atoms with E-state index in [1.54, 1.807) is 0 Å². The van der Waals surface area contributed by atoms with Gasteiger partial charge in [0.2, 0.25) is 0 Å². The molecule has 26 heavy (non-hydrogen) atoms. The first-order chi connectivity index (χ1) is 12.0. The summed E-state index contributed by atoms with van der Waals surface area (Å²) in [7, 11) is 0.948. The van der Waals surface area contributed by atoms with Gasteiger partial charge in [0.1, 0.15) is 11.4 Å². The summed E-state index contributed by atoms with van der Waals surface area (Å²) in [6.45, 7) is -3.57. The Morgan fingerprint density at radius 1 is 1.35 bits per heavy atom. The highest BCUT2D eigenvalue weighted by atomic mass is 19.4. The van der Waals surface area contributed by atoms with Crippen molar-refractivity contribution in [1.82, 2.24) is 14.8 Å². The van der Waals surface area contributed by atoms with Crippen LogP contribution in [0.2, 0.25) is 0 Å². The molecule has 2 heterocycles. The van der Waals surface area contributed by atoms with Crippen LogP contribution < -0.4 is 15.8 Å². The van der Waals surface area contributed by atoms with Crippen LogP contribution in [-0.2, 0) is 13.2 Å². The Bertz CT molecular complexity index is 849. The molecule has 0 aromatic carbocycles. The lowest BCUT2D eigenvalue weighted by molar-refractivity contribution is -0.142. The number of amides is 2. The largest absolute Gasteiger partial charge is 0.423 e. The average molecular weight is 379 g/mol. The molecule has 2 rings (SSSR count). The van der Waals surface area contributed by atoms with Gasteiger partial charge in [-0.15, -0.1) is 5.10 Å². The highest BCUT2D eigenvalue weighted by molar-refractivity contribution is 6.05. The molecule has 8 nitrogen and oxygen atoms in total. The van der Waals surface area contributed by atoms with Crippen LogP contribution in [0, 0.1) is 0 Å². The molecule has 13 heteroatoms. The highest BCUT2D eigenvalue weighted by Gasteiger charge is 2.43. The van der Waals surface area contributed by atoms with Gasteiger partial charge in [-0.1, -0.05) is 0 Å². The third kappa shape index (κ3) is 4.04. The summed E-state index contributed by atoms with van der Waals surface area (Å²) in [5.41, 5.74) is 1.85. The summed E-state index contributed by atoms with van der Waals surface area (Å²) in [6.07, 6.45) is -4.10. The molecule has 0 saturated heterocycles. The summed E-state index contributed by atoms with van der Waals surface area (Å²) in [5.74, 6) is -3.68. The van der Waals surface area contributed by atoms with E-state index in [-0.39, 0.29) is 11.4 Å². The monoisotopic (exact) mass is 379 g/mol. The van der Waals surface area contributed by atoms with E-state index in [1.165, 1.54) is 6.07 Å². The van der Waals surface area contributed by atoms with Gasteiger partial charge >= 0.3 is 12.8 Å². The second kappa shape index (κ2) is 6.93. The van der Waals surface area contributed by atoms with Crippen molar-refractivity contribution in [2.75, 3.05) is 5.32 Å². The number of aryl methyl sites for hydroxylation is 1. The number of nitrogens with zero attached hydrogens (tertiary/aromatic N) is 3. The number of alkyl halides is 5. The van der Waals surface area contributed by atoms with Gasteiger partial charge in [-0.25, -0.2) is 0 Å². The standard InChI is InChI=1S/C13H10F5N5O3/c1-23-8(7(13(16,17)18)11(22-23)26-12(14)15)10(25)21-5-2-3-20-6(4-5)9(19)24/h2-4,12H,1H3,(H2,19,24)(H,20,21,25). The van der Waals surface area contributed by atoms with Gasteiger partial charge in [0.15, 0.2) is 5.56 Å². The van der Waals surface area contributed by atoms with Crippen molar-refractivity contribution >= 4 is 17.5 Å². The van der Waals surface area contributed by atoms with Crippen LogP contribution in [0.15, 0.2) is 18.3 Å². The predicted molar refractivity (Wildman–Crippen MR) is 75.6 cm³/mol. The van der Waals surface area contributed by atoms with Crippen molar-refractivity contribution in [3.8, 4) is 5.88 Å². The van der Waals surface area contributed by atoms with Gasteiger partial charge in [0.05, 0.1) is 0 Å². The number of nitrogens with two attached hydrogens (primary N) is 1. The number of carbonyl (C=O) groups excluding carboxylic acids is 2. The van der Waals surface area contributed by atoms with Crippen molar-refractivity contribution in [2.45, 2.75) is 12.8 Å². The molecule has 0 atom stereocenters. The number of primary amides is 1. The SMILES string of the molecule is Cn1nc(OC(F)F)c(C(F)(F)F)c1C(=O)Nc1ccnc(C(N)=O)c1. The summed E-state index contributed by atoms with van der Waals surface area (Å²) < 4.78 is 68.5. The van der Waals surface area contributed by atoms with Crippen molar-refractivity contribution in [2.24, 2.45) is 12.8 Å². The van der Waals surface area contributed by atoms with E-state index >= 15 is 0 Å². The summed E-state index contributed by atoms with van der Waals surface area (Å²) >= 11 is 0. The van der Waals surface area contributed by atoms with Crippen molar-refractivity contribution < 1.29 is 36.3 Å². The number of hydrogen-bond acceptors (Lipinski definition) is 5. The Morgan fingerprint density at radius 2 is 2.00 bits per heavy atom. The molecule has 0 radical (unpaired) electrons. The number of aromatic nitrogens is 3. The fourth-order valence-electron chi connectivity index (χ4n) is 2.02. The van der Waals surface area contributed by atoms with E-state index in [9.17, 15) is 31.5 Å². The molecule has 3 N–H and O–H groups in total. The fraction of sp³-hybridized carbons (Fsp3) is 0.231. The zero-order chi connectivity index (χ0) is 19.6. The maximum Gasteiger partial charge on any atom is 0.423 e. The van der Waals surface area contributed by atoms with E-state index < -0.39 is 41.7 Å². The summed E-state index contributed by atoms with van der Waals surface area (Å²) in [4.78, 5) is 26.9. The predicted octanol–water partition coefficient (Wildman–Crippen LogP) is 1.79. The molecule has 0 saturated carbocycles. The molecule has 0 aliphatic carbocycles. The molecule has 140 valence electrons. The van der Waals surface area contributed by atoms with Crippen LogP contribution in [0.5, 0.6) is 5.88 Å². The molecule has 0 aliphatic rings. The Labute approximate surface area is 141 Å². The van der Waals surface area contributed by atoms with E-state index in [0.717, 1.165) is 19.3 Å². The van der Waals surface area contributed by atoms with Crippen LogP contribution in [0.25, 0.3) is 0 Å². The lowest BCUT2D eigenvalue weighted by atomic mass is 10.2. The van der Waals surface area contributed by atoms with Gasteiger partial charge < -0.3 is 15.8 Å². The second-order valence-electron chi connectivity index (χ2n) is 4.78. The molecule has 2 aromatic heterocycles. The summed E-state index contributed by atoms with van der Waals surface area (Å²) in [6, 6.07) is 2.21. The number of carbonyl (C=O) groups is 2. The fourth-order valence-corrected chi connectivity index (χ4v) is 2.02. The van der Waals surface area contributed by atoms with Gasteiger partial charge in [0.25, 0.3) is 17.7 Å². The maximum absolute atomic E-state index is 13.2. The maximum atomic E-state index is 13.2. The third-order valence-corrected chi connectivity index (χ3v) is 2.98. The molecular formula is C13H10F5N5O3. The normalized spacial score (nSPS) is 11.5. The molecule has 2 aromatic rings. The first-order valence-corrected chi connectivity index (χ1v) is 6.67. The minimum absolute atomic E-state index is 0.0931. The number of nitrogens with one attached hydrogen (secondary N) is 1. The Kier molecular flexibility index (Phi) is 5.09. The number of ether oxygens (including phenoxy) is 1. The Balaban J connectivity index is 2.44. The van der Waals surface area contributed by atoms with Crippen molar-refractivity contribution in [3.63, 3.8) is 0 Å². The van der Waals surface area contributed by atoms with E-state index in [0.29, 0.717) is 4.68 Å². The van der Waals surface area contributed by atoms with Crippen LogP contribution in [0.4, 0.5) is 27.6 Å². The molecule has 0 spiro atoms. The van der Waals surface area contributed by atoms with Gasteiger partial charge in [-0.3, -0.25) is 19.3 Å². The average Bonchev–Trinajstić information content (AvgIpc) is 2.82. The van der Waals surface area contributed by atoms with Crippen LogP contribution in [-0.4, -0.2) is 33.2 Å². The lowest BCUT2D eigenvalue weighted by Gasteiger charge is -2.11. The third-order valence-electron chi connectivity index (χ3n) is 2.98. The number of rotatable bonds is 5. The van der Waals surface area contributed by atoms with Crippen molar-refractivity contribution in [3.05, 3.63) is 35.3 Å². The van der Waals surface area contributed by atoms with Crippen LogP contribution >= 0.6 is 0 Å². The van der Waals surface area contributed by atoms with E-state index in [4.69, 9.17) is 5.73 Å². The lowest BCUT2D eigenvalue weighted by Crippen LogP contribution is -2.22. The molecule has 2 amide bonds. The number of halogens is 5. The minimum atomic E-state index is -5.19. The van der Waals surface area contributed by atoms with Gasteiger partial charge in [-0.2, -0.15) is 22.0 Å². The number of hydrogen-bond donors (Lipinski definition) is 2. The van der Waals surface area contributed by atoms with Crippen molar-refractivity contribution in [1.29, 1.82) is 0 Å². The molecule has 0 aliphatic heterocycles. The summed E-state index contributed by atoms with van der Waals surface area (Å²) in [5, 5.41) is 5.26. The van der Waals surface area contributed by atoms with E-state index in [1.807, 2.05) is 0 Å². The Morgan fingerprint density at radius 3 is 2.54 bits per heavy atom. The molecular weight excluding hydrogens is 369 g/mol. The zero-order valence-corrected chi connectivity index (χ0v) is 12.8. The first kappa shape index (κ1) is 19.1. The number of pyridine rings is 1. The van der Waals surface area contributed by atoms with Gasteiger partial charge in [0, 0.05) is 18.9 Å². The quantitative estimate of drug-likeness (QED) is 0.770. The highest BCUT2D eigenvalue weighted by Crippen LogP contribution is 2.39. The zero-order valence-electron chi connectivity index (χ0n) is 12.8. The van der Waals surface area contributed by atoms with Crippen LogP contribution in [0.3, 0.4) is 0 Å². The van der Waals surface area contributed by atoms with Crippen LogP contribution in [0.1, 0.15) is 26.5 Å². The molecule has 0 bridgehead atoms. The first-order valence-electron chi connectivity index (χ1n) is 6.67. The number of anilines is 1. The molecule has 0 unspecified atom stereocenters. The van der Waals surface area contributed by atoms with Gasteiger partial charge in [-0.05, 0) is 12.1 Å². The topological polar surface area (TPSA) is 112 Å². The van der Waals surface area contributed by atoms with E-state index in [2.05, 4.69) is 20.1 Å². The molecule has 0 fully saturated rings. The smallest absolute Gasteiger partial charge is 0.415 e. The Hall–Kier alpha value is -3.25. The minimum Gasteiger partial charge on any atom is -0.415 e. The second-order valence-corrected chi connectivity index (χ2v) is 4.78.